The topological polar surface area (TPSA) is 58.6 Å². The second-order valence-corrected chi connectivity index (χ2v) is 5.72. The first kappa shape index (κ1) is 16.6. The van der Waals surface area contributed by atoms with Gasteiger partial charge in [0.2, 0.25) is 0 Å². The lowest BCUT2D eigenvalue weighted by Crippen LogP contribution is -2.26. The van der Waals surface area contributed by atoms with Crippen molar-refractivity contribution in [2.24, 2.45) is 0 Å². The molecule has 0 bridgehead atoms. The summed E-state index contributed by atoms with van der Waals surface area (Å²) in [7, 11) is 0. The minimum atomic E-state index is -0.477. The Morgan fingerprint density at radius 2 is 1.40 bits per heavy atom. The van der Waals surface area contributed by atoms with E-state index in [1.165, 1.54) is 0 Å². The Hall–Kier alpha value is -3.27. The summed E-state index contributed by atoms with van der Waals surface area (Å²) < 4.78 is 5.27. The number of carbonyl (C=O) groups excluding carboxylic acids is 1. The molecule has 0 radical (unpaired) electrons. The summed E-state index contributed by atoms with van der Waals surface area (Å²) in [6.45, 7) is 0.429. The Morgan fingerprint density at radius 3 is 2.04 bits per heavy atom. The zero-order valence-electron chi connectivity index (χ0n) is 13.7. The molecular formula is C21H19NO3. The van der Waals surface area contributed by atoms with Gasteiger partial charge in [-0.05, 0) is 47.4 Å². The summed E-state index contributed by atoms with van der Waals surface area (Å²) in [5, 5.41) is 12.0. The Bertz CT molecular complexity index is 812. The molecule has 0 heterocycles. The number of rotatable bonds is 5. The highest BCUT2D eigenvalue weighted by atomic mass is 16.6. The molecule has 0 atom stereocenters. The SMILES string of the molecule is O=C(NCc1ccccc1)Oc1ccc(Cc2ccc(O)cc2)cc1. The molecule has 1 amide bonds. The van der Waals surface area contributed by atoms with Crippen LogP contribution >= 0.6 is 0 Å². The van der Waals surface area contributed by atoms with E-state index >= 15 is 0 Å². The van der Waals surface area contributed by atoms with Crippen LogP contribution in [0, 0.1) is 0 Å². The molecular weight excluding hydrogens is 314 g/mol. The molecule has 0 unspecified atom stereocenters. The molecule has 0 saturated heterocycles. The van der Waals surface area contributed by atoms with Crippen LogP contribution in [-0.4, -0.2) is 11.2 Å². The van der Waals surface area contributed by atoms with E-state index in [9.17, 15) is 9.90 Å². The molecule has 3 aromatic carbocycles. The molecule has 3 rings (SSSR count). The second-order valence-electron chi connectivity index (χ2n) is 5.72. The van der Waals surface area contributed by atoms with E-state index in [1.807, 2.05) is 54.6 Å². The number of phenolic OH excluding ortho intramolecular Hbond substituents is 1. The fourth-order valence-corrected chi connectivity index (χ4v) is 2.44. The van der Waals surface area contributed by atoms with Crippen LogP contribution in [-0.2, 0) is 13.0 Å². The molecule has 126 valence electrons. The Morgan fingerprint density at radius 1 is 0.800 bits per heavy atom. The number of hydrogen-bond acceptors (Lipinski definition) is 3. The molecule has 0 fully saturated rings. The lowest BCUT2D eigenvalue weighted by atomic mass is 10.0. The third-order valence-electron chi connectivity index (χ3n) is 3.76. The predicted molar refractivity (Wildman–Crippen MR) is 96.7 cm³/mol. The molecule has 4 nitrogen and oxygen atoms in total. The molecule has 3 aromatic rings. The third-order valence-corrected chi connectivity index (χ3v) is 3.76. The van der Waals surface area contributed by atoms with E-state index in [-0.39, 0.29) is 5.75 Å². The first-order valence-electron chi connectivity index (χ1n) is 8.05. The van der Waals surface area contributed by atoms with Gasteiger partial charge in [0.25, 0.3) is 0 Å². The third kappa shape index (κ3) is 5.11. The van der Waals surface area contributed by atoms with Gasteiger partial charge in [-0.2, -0.15) is 0 Å². The zero-order valence-corrected chi connectivity index (χ0v) is 13.7. The maximum atomic E-state index is 11.8. The lowest BCUT2D eigenvalue weighted by molar-refractivity contribution is 0.200. The van der Waals surface area contributed by atoms with Gasteiger partial charge in [0.05, 0.1) is 0 Å². The lowest BCUT2D eigenvalue weighted by Gasteiger charge is -2.08. The minimum absolute atomic E-state index is 0.258. The zero-order chi connectivity index (χ0) is 17.5. The maximum Gasteiger partial charge on any atom is 0.412 e. The largest absolute Gasteiger partial charge is 0.508 e. The van der Waals surface area contributed by atoms with E-state index in [2.05, 4.69) is 5.32 Å². The van der Waals surface area contributed by atoms with Crippen LogP contribution in [0.5, 0.6) is 11.5 Å². The number of benzene rings is 3. The van der Waals surface area contributed by atoms with Gasteiger partial charge in [-0.3, -0.25) is 0 Å². The van der Waals surface area contributed by atoms with Gasteiger partial charge in [0.15, 0.2) is 0 Å². The molecule has 25 heavy (non-hydrogen) atoms. The number of ether oxygens (including phenoxy) is 1. The van der Waals surface area contributed by atoms with E-state index in [4.69, 9.17) is 4.74 Å². The van der Waals surface area contributed by atoms with Crippen molar-refractivity contribution in [1.29, 1.82) is 0 Å². The number of phenols is 1. The Kier molecular flexibility index (Phi) is 5.32. The highest BCUT2D eigenvalue weighted by Gasteiger charge is 2.04. The summed E-state index contributed by atoms with van der Waals surface area (Å²) in [5.74, 6) is 0.758. The molecule has 0 aliphatic carbocycles. The van der Waals surface area contributed by atoms with Crippen LogP contribution in [0.3, 0.4) is 0 Å². The number of nitrogens with one attached hydrogen (secondary N) is 1. The maximum absolute atomic E-state index is 11.8. The molecule has 0 spiro atoms. The standard InChI is InChI=1S/C21H19NO3/c23-19-10-6-16(7-11-19)14-17-8-12-20(13-9-17)25-21(24)22-15-18-4-2-1-3-5-18/h1-13,23H,14-15H2,(H,22,24). The van der Waals surface area contributed by atoms with Crippen LogP contribution in [0.1, 0.15) is 16.7 Å². The first-order chi connectivity index (χ1) is 12.2. The minimum Gasteiger partial charge on any atom is -0.508 e. The van der Waals surface area contributed by atoms with Gasteiger partial charge in [-0.25, -0.2) is 4.79 Å². The smallest absolute Gasteiger partial charge is 0.412 e. The summed E-state index contributed by atoms with van der Waals surface area (Å²) in [6, 6.07) is 24.2. The van der Waals surface area contributed by atoms with Crippen LogP contribution < -0.4 is 10.1 Å². The fraction of sp³-hybridized carbons (Fsp3) is 0.0952. The van der Waals surface area contributed by atoms with Crippen molar-refractivity contribution >= 4 is 6.09 Å². The summed E-state index contributed by atoms with van der Waals surface area (Å²) in [5.41, 5.74) is 3.22. The number of carbonyl (C=O) groups is 1. The quantitative estimate of drug-likeness (QED) is 0.733. The van der Waals surface area contributed by atoms with Gasteiger partial charge in [-0.15, -0.1) is 0 Å². The van der Waals surface area contributed by atoms with Gasteiger partial charge < -0.3 is 15.2 Å². The van der Waals surface area contributed by atoms with Crippen LogP contribution in [0.4, 0.5) is 4.79 Å². The molecule has 2 N–H and O–H groups in total. The van der Waals surface area contributed by atoms with Crippen molar-refractivity contribution in [2.75, 3.05) is 0 Å². The van der Waals surface area contributed by atoms with E-state index < -0.39 is 6.09 Å². The van der Waals surface area contributed by atoms with Crippen LogP contribution in [0.25, 0.3) is 0 Å². The Labute approximate surface area is 146 Å². The molecule has 0 saturated carbocycles. The first-order valence-corrected chi connectivity index (χ1v) is 8.05. The van der Waals surface area contributed by atoms with Gasteiger partial charge >= 0.3 is 6.09 Å². The molecule has 0 aliphatic rings. The fourth-order valence-electron chi connectivity index (χ4n) is 2.44. The van der Waals surface area contributed by atoms with Gasteiger partial charge in [-0.1, -0.05) is 54.6 Å². The van der Waals surface area contributed by atoms with E-state index in [0.717, 1.165) is 23.1 Å². The molecule has 0 aliphatic heterocycles. The highest BCUT2D eigenvalue weighted by Crippen LogP contribution is 2.17. The van der Waals surface area contributed by atoms with Crippen LogP contribution in [0.15, 0.2) is 78.9 Å². The van der Waals surface area contributed by atoms with Crippen molar-refractivity contribution in [3.05, 3.63) is 95.6 Å². The average molecular weight is 333 g/mol. The van der Waals surface area contributed by atoms with E-state index in [0.29, 0.717) is 12.3 Å². The van der Waals surface area contributed by atoms with Crippen molar-refractivity contribution in [3.63, 3.8) is 0 Å². The van der Waals surface area contributed by atoms with Crippen molar-refractivity contribution in [1.82, 2.24) is 5.32 Å². The van der Waals surface area contributed by atoms with Gasteiger partial charge in [0, 0.05) is 6.54 Å². The summed E-state index contributed by atoms with van der Waals surface area (Å²) in [4.78, 5) is 11.8. The van der Waals surface area contributed by atoms with Crippen molar-refractivity contribution in [3.8, 4) is 11.5 Å². The average Bonchev–Trinajstić information content (AvgIpc) is 2.64. The van der Waals surface area contributed by atoms with Gasteiger partial charge in [0.1, 0.15) is 11.5 Å². The normalized spacial score (nSPS) is 10.2. The second kappa shape index (κ2) is 8.02. The number of aromatic hydroxyl groups is 1. The molecule has 0 aromatic heterocycles. The Balaban J connectivity index is 1.51. The summed E-state index contributed by atoms with van der Waals surface area (Å²) in [6.07, 6.45) is 0.274. The predicted octanol–water partition coefficient (Wildman–Crippen LogP) is 4.27. The monoisotopic (exact) mass is 333 g/mol. The summed E-state index contributed by atoms with van der Waals surface area (Å²) >= 11 is 0. The number of amides is 1. The van der Waals surface area contributed by atoms with Crippen LogP contribution in [0.2, 0.25) is 0 Å². The number of hydrogen-bond donors (Lipinski definition) is 2. The van der Waals surface area contributed by atoms with Crippen molar-refractivity contribution < 1.29 is 14.6 Å². The molecule has 4 heteroatoms. The van der Waals surface area contributed by atoms with Crippen molar-refractivity contribution in [2.45, 2.75) is 13.0 Å². The highest BCUT2D eigenvalue weighted by molar-refractivity contribution is 5.70. The van der Waals surface area contributed by atoms with E-state index in [1.54, 1.807) is 24.3 Å².